The quantitative estimate of drug-likeness (QED) is 0.0949. The Morgan fingerprint density at radius 1 is 0.201 bits per heavy atom. The number of benzene rings is 12. The third-order valence-corrected chi connectivity index (χ3v) is 25.8. The molecule has 15 aromatic heterocycles. The Morgan fingerprint density at radius 2 is 0.463 bits per heavy atom. The summed E-state index contributed by atoms with van der Waals surface area (Å²) in [5, 5.41) is 14.6. The molecule has 0 aliphatic rings. The number of hydrogen-bond donors (Lipinski definition) is 2. The lowest BCUT2D eigenvalue weighted by Gasteiger charge is -2.13. The van der Waals surface area contributed by atoms with Crippen LogP contribution in [0.5, 0.6) is 0 Å². The first-order valence-corrected chi connectivity index (χ1v) is 46.9. The van der Waals surface area contributed by atoms with Gasteiger partial charge in [-0.05, 0) is 204 Å². The van der Waals surface area contributed by atoms with Crippen molar-refractivity contribution in [3.63, 3.8) is 0 Å². The van der Waals surface area contributed by atoms with Crippen molar-refractivity contribution in [3.05, 3.63) is 495 Å². The van der Waals surface area contributed by atoms with Gasteiger partial charge in [-0.1, -0.05) is 121 Å². The van der Waals surface area contributed by atoms with Crippen LogP contribution < -0.4 is 39.3 Å². The van der Waals surface area contributed by atoms with Crippen LogP contribution in [-0.4, -0.2) is 87.4 Å². The van der Waals surface area contributed by atoms with Crippen LogP contribution in [0.1, 0.15) is 0 Å². The normalized spacial score (nSPS) is 11.3. The number of rotatable bonds is 10. The van der Waals surface area contributed by atoms with E-state index in [0.29, 0.717) is 38.2 Å². The number of nitrogens with zero attached hydrogens (tertiary/aromatic N) is 18. The monoisotopic (exact) mass is 1950 g/mol. The molecule has 0 atom stereocenters. The zero-order valence-corrected chi connectivity index (χ0v) is 78.6. The molecule has 4 N–H and O–H groups in total. The first kappa shape index (κ1) is 92.0. The van der Waals surface area contributed by atoms with Gasteiger partial charge in [0.2, 0.25) is 11.9 Å². The van der Waals surface area contributed by atoms with Gasteiger partial charge in [0.25, 0.3) is 27.8 Å². The lowest BCUT2D eigenvalue weighted by atomic mass is 10.0. The third kappa shape index (κ3) is 18.0. The highest BCUT2D eigenvalue weighted by Gasteiger charge is 2.22. The molecule has 714 valence electrons. The second-order valence-electron chi connectivity index (χ2n) is 35.1. The summed E-state index contributed by atoms with van der Waals surface area (Å²) in [6.45, 7) is 0. The maximum atomic E-state index is 14.0. The van der Waals surface area contributed by atoms with Crippen LogP contribution in [0.4, 0.5) is 29.5 Å². The Hall–Kier alpha value is -20.7. The van der Waals surface area contributed by atoms with Gasteiger partial charge < -0.3 is 11.5 Å². The van der Waals surface area contributed by atoms with Gasteiger partial charge in [0, 0.05) is 233 Å². The van der Waals surface area contributed by atoms with Crippen molar-refractivity contribution >= 4 is 143 Å². The summed E-state index contributed by atoms with van der Waals surface area (Å²) >= 11 is 0. The summed E-state index contributed by atoms with van der Waals surface area (Å²) in [6, 6.07) is 102. The van der Waals surface area contributed by atoms with Crippen molar-refractivity contribution < 1.29 is 17.6 Å². The average Bonchev–Trinajstić information content (AvgIpc) is 1.22. The SMILES string of the molecule is Cn1cc(-c2ccc3ncc4ccc(=O)n(-c5ccccc5)c4c3c2)cn1.Nc1ncc(-c2ccc3ncc4ccc(=O)n(-c5ccc(F)c(F)c5)c4c3c2)cn1.Nc1ncc(-c2ccc3ncc4ccc(=O)n(-c5ccccc5)c4c3c2)cn1.O=c1ccc2cnc3ccc(-c4cnc5ccccc5c4)cc3c2n1-c1ccc(F)c(F)c1.O=c1ccc2cnc3ccc(-c4cnc5ccccc5c4)cc3c2n1-c1ccccc1. The average molecular weight is 1950 g/mol. The number of nitrogen functional groups attached to an aromatic ring is 2. The molecule has 0 aliphatic heterocycles. The smallest absolute Gasteiger partial charge is 0.255 e. The third-order valence-electron chi connectivity index (χ3n) is 25.8. The molecule has 12 aromatic carbocycles. The van der Waals surface area contributed by atoms with Gasteiger partial charge in [-0.2, -0.15) is 5.10 Å². The van der Waals surface area contributed by atoms with Crippen LogP contribution in [0.25, 0.3) is 215 Å². The molecule has 0 spiro atoms. The van der Waals surface area contributed by atoms with E-state index in [0.717, 1.165) is 190 Å². The van der Waals surface area contributed by atoms with Crippen molar-refractivity contribution in [2.24, 2.45) is 7.05 Å². The van der Waals surface area contributed by atoms with E-state index in [2.05, 4.69) is 96.3 Å². The predicted octanol–water partition coefficient (Wildman–Crippen LogP) is 23.2. The highest BCUT2D eigenvalue weighted by atomic mass is 19.2. The molecular formula is C120H76F4N20O5. The molecule has 149 heavy (non-hydrogen) atoms. The van der Waals surface area contributed by atoms with Crippen LogP contribution in [0.2, 0.25) is 0 Å². The number of halogens is 4. The van der Waals surface area contributed by atoms with Crippen molar-refractivity contribution in [1.29, 1.82) is 0 Å². The van der Waals surface area contributed by atoms with Crippen molar-refractivity contribution in [1.82, 2.24) is 87.4 Å². The number of aryl methyl sites for hydroxylation is 1. The number of hydrogen-bond acceptors (Lipinski definition) is 19. The number of pyridine rings is 12. The van der Waals surface area contributed by atoms with Crippen LogP contribution in [0, 0.1) is 23.3 Å². The Labute approximate surface area is 840 Å². The lowest BCUT2D eigenvalue weighted by Crippen LogP contribution is -2.18. The number of anilines is 2. The molecule has 0 bridgehead atoms. The summed E-state index contributed by atoms with van der Waals surface area (Å²) < 4.78 is 64.7. The fourth-order valence-electron chi connectivity index (χ4n) is 18.7. The zero-order valence-electron chi connectivity index (χ0n) is 78.6. The maximum absolute atomic E-state index is 14.0. The first-order chi connectivity index (χ1) is 72.8. The minimum Gasteiger partial charge on any atom is -0.368 e. The summed E-state index contributed by atoms with van der Waals surface area (Å²) in [7, 11) is 1.90. The highest BCUT2D eigenvalue weighted by Crippen LogP contribution is 2.38. The predicted molar refractivity (Wildman–Crippen MR) is 579 cm³/mol. The topological polar surface area (TPSA) is 322 Å². The second-order valence-corrected chi connectivity index (χ2v) is 35.1. The molecule has 0 unspecified atom stereocenters. The van der Waals surface area contributed by atoms with Crippen LogP contribution in [-0.2, 0) is 7.05 Å². The summed E-state index contributed by atoms with van der Waals surface area (Å²) in [5.74, 6) is -3.60. The van der Waals surface area contributed by atoms with Gasteiger partial charge in [0.1, 0.15) is 0 Å². The molecule has 0 saturated carbocycles. The Balaban J connectivity index is 0.000000102. The van der Waals surface area contributed by atoms with Crippen molar-refractivity contribution in [2.75, 3.05) is 11.5 Å². The van der Waals surface area contributed by atoms with Crippen LogP contribution >= 0.6 is 0 Å². The fourth-order valence-corrected chi connectivity index (χ4v) is 18.7. The number of para-hydroxylation sites is 5. The Bertz CT molecular complexity index is 10400. The van der Waals surface area contributed by atoms with Crippen LogP contribution in [0.3, 0.4) is 0 Å². The molecular weight excluding hydrogens is 1880 g/mol. The molecule has 0 fully saturated rings. The molecule has 27 rings (SSSR count). The molecule has 0 radical (unpaired) electrons. The van der Waals surface area contributed by atoms with E-state index in [1.807, 2.05) is 269 Å². The second kappa shape index (κ2) is 38.9. The van der Waals surface area contributed by atoms with E-state index in [1.165, 1.54) is 33.4 Å². The maximum Gasteiger partial charge on any atom is 0.255 e. The molecule has 25 nitrogen and oxygen atoms in total. The largest absolute Gasteiger partial charge is 0.368 e. The minimum atomic E-state index is -1.03. The summed E-state index contributed by atoms with van der Waals surface area (Å²) in [4.78, 5) is 112. The summed E-state index contributed by atoms with van der Waals surface area (Å²) in [5.41, 5.74) is 31.8. The lowest BCUT2D eigenvalue weighted by molar-refractivity contribution is 0.508. The molecule has 27 aromatic rings. The van der Waals surface area contributed by atoms with Gasteiger partial charge in [-0.25, -0.2) is 37.5 Å². The van der Waals surface area contributed by atoms with Gasteiger partial charge in [-0.3, -0.25) is 86.4 Å². The zero-order chi connectivity index (χ0) is 102. The summed E-state index contributed by atoms with van der Waals surface area (Å²) in [6.07, 6.45) is 22.8. The van der Waals surface area contributed by atoms with E-state index in [9.17, 15) is 41.5 Å². The Morgan fingerprint density at radius 3 is 0.752 bits per heavy atom. The first-order valence-electron chi connectivity index (χ1n) is 46.9. The molecule has 15 heterocycles. The number of nitrogens with two attached hydrogens (primary N) is 2. The van der Waals surface area contributed by atoms with E-state index in [1.54, 1.807) is 92.1 Å². The molecule has 0 aliphatic carbocycles. The molecule has 0 saturated heterocycles. The van der Waals surface area contributed by atoms with Gasteiger partial charge >= 0.3 is 0 Å². The standard InChI is InChI=1S/C27H15F2N3O.C27H17N3O.C22H13F2N5O.C22H15N5O.C22H16N4O/c28-22-8-7-20(13-23(22)29)32-26(33)10-6-18-14-31-25-9-5-16(12-21(25)27(18)32)19-11-17-3-1-2-4-24(17)30-15-19;31-26-13-11-20-16-29-25-12-10-18(21-14-19-6-4-5-9-24(19)28-17-21)15-23(25)27(20)30(26)22-7-2-1-3-8-22;23-17-4-3-15(8-18(17)24)29-20(30)6-2-13-9-26-19-5-1-12(7-16(19)21(13)29)14-10-27-22(25)28-11-14;23-22-25-12-16(13-26-22)14-6-8-19-18(10-14)21-15(11-24-19)7-9-20(28)27(21)17-4-2-1-3-5-17;1-25-14-17(13-24-25)15-7-9-20-19(11-15)22-16(12-23-20)8-10-21(27)26(22)18-5-3-2-4-6-18/h1-15H;1-17H;1-11H,(H2,25,27,28);1-13H,(H2,23,25,26);2-14H,1H3. The van der Waals surface area contributed by atoms with Gasteiger partial charge in [-0.15, -0.1) is 0 Å². The molecule has 0 amide bonds. The number of fused-ring (bicyclic) bond motifs is 17. The van der Waals surface area contributed by atoms with E-state index < -0.39 is 23.3 Å². The minimum absolute atomic E-state index is 0.0621. The van der Waals surface area contributed by atoms with E-state index in [-0.39, 0.29) is 51.1 Å². The van der Waals surface area contributed by atoms with E-state index >= 15 is 0 Å². The van der Waals surface area contributed by atoms with Crippen LogP contribution in [0.15, 0.2) is 444 Å². The van der Waals surface area contributed by atoms with Gasteiger partial charge in [0.05, 0.1) is 83.8 Å². The van der Waals surface area contributed by atoms with Crippen molar-refractivity contribution in [3.8, 4) is 84.1 Å². The fraction of sp³-hybridized carbons (Fsp3) is 0.00833. The molecule has 29 heteroatoms. The Kier molecular flexibility index (Phi) is 24.0. The van der Waals surface area contributed by atoms with Gasteiger partial charge in [0.15, 0.2) is 23.3 Å². The number of aromatic nitrogens is 18. The van der Waals surface area contributed by atoms with Crippen molar-refractivity contribution in [2.45, 2.75) is 0 Å². The highest BCUT2D eigenvalue weighted by molar-refractivity contribution is 6.11. The van der Waals surface area contributed by atoms with E-state index in [4.69, 9.17) is 11.5 Å².